The summed E-state index contributed by atoms with van der Waals surface area (Å²) in [5, 5.41) is 11.0. The minimum Gasteiger partial charge on any atom is -0.449 e. The Kier molecular flexibility index (Phi) is 13.5. The van der Waals surface area contributed by atoms with Gasteiger partial charge < -0.3 is 33.7 Å². The number of ether oxygens (including phenoxy) is 1. The molecule has 7 heterocycles. The van der Waals surface area contributed by atoms with Crippen LogP contribution in [-0.4, -0.2) is 158 Å². The number of nitrogens with zero attached hydrogens (tertiary/aromatic N) is 10. The number of furan rings is 1. The fourth-order valence-corrected chi connectivity index (χ4v) is 11.0. The molecule has 1 saturated carbocycles. The van der Waals surface area contributed by atoms with Crippen LogP contribution in [0, 0.1) is 5.92 Å². The highest BCUT2D eigenvalue weighted by atomic mass is 16.5. The van der Waals surface area contributed by atoms with E-state index in [4.69, 9.17) is 9.15 Å². The van der Waals surface area contributed by atoms with Gasteiger partial charge in [-0.2, -0.15) is 0 Å². The zero-order valence-electron chi connectivity index (χ0n) is 40.4. The van der Waals surface area contributed by atoms with Gasteiger partial charge in [-0.25, -0.2) is 4.79 Å². The Morgan fingerprint density at radius 1 is 0.914 bits per heavy atom. The van der Waals surface area contributed by atoms with Crippen molar-refractivity contribution in [3.63, 3.8) is 0 Å². The number of carbonyl (C=O) groups excluding carboxylic acids is 5. The molecule has 0 spiro atoms. The number of imidazole rings is 1. The molecule has 10 rings (SSSR count). The number of amides is 5. The Bertz CT molecular complexity index is 2880. The summed E-state index contributed by atoms with van der Waals surface area (Å²) in [5.74, 6) is -0.356. The number of anilines is 1. The summed E-state index contributed by atoms with van der Waals surface area (Å²) in [5.41, 5.74) is 5.85. The van der Waals surface area contributed by atoms with Gasteiger partial charge >= 0.3 is 5.69 Å². The minimum atomic E-state index is -0.700. The molecule has 19 nitrogen and oxygen atoms in total. The average Bonchev–Trinajstić information content (AvgIpc) is 4.10. The molecule has 1 atom stereocenters. The molecule has 4 fully saturated rings. The predicted octanol–water partition coefficient (Wildman–Crippen LogP) is 3.60. The van der Waals surface area contributed by atoms with Gasteiger partial charge in [0.15, 0.2) is 11.3 Å². The van der Waals surface area contributed by atoms with Crippen molar-refractivity contribution in [2.75, 3.05) is 78.0 Å². The first kappa shape index (κ1) is 47.1. The monoisotopic (exact) mass is 957 g/mol. The van der Waals surface area contributed by atoms with E-state index in [2.05, 4.69) is 43.6 Å². The molecule has 5 amide bonds. The first-order valence-corrected chi connectivity index (χ1v) is 24.9. The average molecular weight is 958 g/mol. The molecule has 1 N–H and O–H groups in total. The van der Waals surface area contributed by atoms with Crippen molar-refractivity contribution in [1.29, 1.82) is 0 Å². The zero-order chi connectivity index (χ0) is 48.6. The number of rotatable bonds is 14. The number of imide groups is 1. The number of piperazine rings is 1. The lowest BCUT2D eigenvalue weighted by atomic mass is 9.77. The summed E-state index contributed by atoms with van der Waals surface area (Å²) in [7, 11) is 5.13. The lowest BCUT2D eigenvalue weighted by Gasteiger charge is -2.47. The van der Waals surface area contributed by atoms with Crippen molar-refractivity contribution in [1.82, 2.24) is 49.0 Å². The SMILES string of the molecule is CN(C)C(=O)c1cc2cc(C3=CCCN(C(=O)CCn4ccnn4)C3)cc(N3CCN(C(=O)C4CC(N5CCC(OCCCc6ccc7c(c6)n(C)c(=O)n7C6CCC(=O)NC6=O)CC5)C4)CC3)c2o1. The second-order valence-corrected chi connectivity index (χ2v) is 19.8. The van der Waals surface area contributed by atoms with Crippen molar-refractivity contribution < 1.29 is 33.1 Å². The molecule has 4 aliphatic heterocycles. The Hall–Kier alpha value is -6.60. The predicted molar refractivity (Wildman–Crippen MR) is 261 cm³/mol. The molecule has 5 aliphatic rings. The number of piperidine rings is 2. The van der Waals surface area contributed by atoms with Gasteiger partial charge in [0.1, 0.15) is 6.04 Å². The second kappa shape index (κ2) is 20.0. The standard InChI is InChI=1S/C51H63N11O8/c1-55(2)50(67)44-31-36-27-35(34-7-4-16-60(32-34)46(64)14-19-61-20-15-52-54-61)30-43(47(36)70-44)58-21-23-59(24-22-58)49(66)37-28-38(29-37)57-17-12-39(13-18-57)69-25-5-6-33-8-9-40-42(26-33)56(3)51(68)62(40)41-10-11-45(63)53-48(41)65/h7-9,15,20,26-27,30-31,37-39,41H,4-6,10-14,16-19,21-25,28-29,32H2,1-3H3,(H,53,63,65). The van der Waals surface area contributed by atoms with Crippen LogP contribution in [0.4, 0.5) is 5.69 Å². The van der Waals surface area contributed by atoms with Gasteiger partial charge in [0.2, 0.25) is 23.6 Å². The van der Waals surface area contributed by atoms with E-state index in [1.807, 2.05) is 34.1 Å². The number of aromatic nitrogens is 5. The molecular formula is C51H63N11O8. The smallest absolute Gasteiger partial charge is 0.329 e. The Labute approximate surface area is 405 Å². The van der Waals surface area contributed by atoms with Crippen molar-refractivity contribution in [2.45, 2.75) is 88.9 Å². The molecule has 19 heteroatoms. The van der Waals surface area contributed by atoms with E-state index in [1.165, 1.54) is 9.47 Å². The van der Waals surface area contributed by atoms with Crippen LogP contribution >= 0.6 is 0 Å². The number of aryl methyl sites for hydroxylation is 3. The normalized spacial score (nSPS) is 21.6. The molecule has 2 aromatic carbocycles. The summed E-state index contributed by atoms with van der Waals surface area (Å²) < 4.78 is 17.4. The minimum absolute atomic E-state index is 0.0305. The summed E-state index contributed by atoms with van der Waals surface area (Å²) in [4.78, 5) is 87.9. The Balaban J connectivity index is 0.685. The van der Waals surface area contributed by atoms with Crippen LogP contribution in [0.3, 0.4) is 0 Å². The number of likely N-dealkylation sites (tertiary alicyclic amines) is 1. The third-order valence-electron chi connectivity index (χ3n) is 15.1. The highest BCUT2D eigenvalue weighted by molar-refractivity contribution is 6.01. The molecule has 3 aromatic heterocycles. The van der Waals surface area contributed by atoms with Gasteiger partial charge in [-0.15, -0.1) is 5.10 Å². The maximum Gasteiger partial charge on any atom is 0.329 e. The molecule has 1 unspecified atom stereocenters. The molecule has 1 aliphatic carbocycles. The van der Waals surface area contributed by atoms with Crippen molar-refractivity contribution in [2.24, 2.45) is 13.0 Å². The molecule has 3 saturated heterocycles. The number of carbonyl (C=O) groups is 5. The lowest BCUT2D eigenvalue weighted by molar-refractivity contribution is -0.141. The van der Waals surface area contributed by atoms with Crippen LogP contribution in [0.15, 0.2) is 64.1 Å². The number of hydrogen-bond acceptors (Lipinski definition) is 12. The van der Waals surface area contributed by atoms with Gasteiger partial charge in [0.05, 0.1) is 35.6 Å². The Morgan fingerprint density at radius 2 is 1.71 bits per heavy atom. The van der Waals surface area contributed by atoms with E-state index in [0.29, 0.717) is 82.4 Å². The van der Waals surface area contributed by atoms with Gasteiger partial charge in [-0.3, -0.25) is 43.1 Å². The third-order valence-corrected chi connectivity index (χ3v) is 15.1. The van der Waals surface area contributed by atoms with Gasteiger partial charge in [-0.05, 0) is 98.4 Å². The van der Waals surface area contributed by atoms with E-state index >= 15 is 0 Å². The number of hydrogen-bond donors (Lipinski definition) is 1. The van der Waals surface area contributed by atoms with Gasteiger partial charge in [0.25, 0.3) is 5.91 Å². The van der Waals surface area contributed by atoms with E-state index in [1.54, 1.807) is 42.8 Å². The van der Waals surface area contributed by atoms with Crippen LogP contribution in [0.1, 0.15) is 85.5 Å². The molecule has 0 bridgehead atoms. The summed E-state index contributed by atoms with van der Waals surface area (Å²) >= 11 is 0. The largest absolute Gasteiger partial charge is 0.449 e. The fraction of sp³-hybridized carbons (Fsp3) is 0.529. The molecule has 370 valence electrons. The van der Waals surface area contributed by atoms with Crippen LogP contribution in [0.25, 0.3) is 27.6 Å². The first-order valence-electron chi connectivity index (χ1n) is 24.9. The maximum absolute atomic E-state index is 13.9. The number of benzene rings is 2. The highest BCUT2D eigenvalue weighted by Crippen LogP contribution is 2.38. The topological polar surface area (TPSA) is 194 Å². The van der Waals surface area contributed by atoms with Crippen molar-refractivity contribution in [3.05, 3.63) is 82.2 Å². The molecule has 70 heavy (non-hydrogen) atoms. The third kappa shape index (κ3) is 9.64. The lowest BCUT2D eigenvalue weighted by Crippen LogP contribution is -2.56. The molecular weight excluding hydrogens is 895 g/mol. The maximum atomic E-state index is 13.9. The van der Waals surface area contributed by atoms with Crippen LogP contribution in [0.5, 0.6) is 0 Å². The van der Waals surface area contributed by atoms with Crippen molar-refractivity contribution >= 4 is 62.8 Å². The summed E-state index contributed by atoms with van der Waals surface area (Å²) in [6.45, 7) is 6.64. The fourth-order valence-electron chi connectivity index (χ4n) is 11.0. The second-order valence-electron chi connectivity index (χ2n) is 19.8. The summed E-state index contributed by atoms with van der Waals surface area (Å²) in [6, 6.07) is 11.6. The van der Waals surface area contributed by atoms with Crippen LogP contribution in [-0.2, 0) is 43.9 Å². The summed E-state index contributed by atoms with van der Waals surface area (Å²) in [6.07, 6.45) is 12.7. The van der Waals surface area contributed by atoms with Crippen molar-refractivity contribution in [3.8, 4) is 0 Å². The van der Waals surface area contributed by atoms with E-state index < -0.39 is 11.9 Å². The first-order chi connectivity index (χ1) is 33.9. The van der Waals surface area contributed by atoms with E-state index in [0.717, 1.165) is 91.3 Å². The van der Waals surface area contributed by atoms with Crippen LogP contribution < -0.4 is 15.9 Å². The quantitative estimate of drug-likeness (QED) is 0.126. The Morgan fingerprint density at radius 3 is 2.46 bits per heavy atom. The zero-order valence-corrected chi connectivity index (χ0v) is 40.4. The highest BCUT2D eigenvalue weighted by Gasteiger charge is 2.41. The van der Waals surface area contributed by atoms with Crippen LogP contribution in [0.2, 0.25) is 0 Å². The van der Waals surface area contributed by atoms with Gasteiger partial charge in [0, 0.05) is 116 Å². The van der Waals surface area contributed by atoms with Gasteiger partial charge in [-0.1, -0.05) is 17.4 Å². The number of fused-ring (bicyclic) bond motifs is 2. The molecule has 0 radical (unpaired) electrons. The van der Waals surface area contributed by atoms with E-state index in [9.17, 15) is 28.8 Å². The molecule has 5 aromatic rings. The van der Waals surface area contributed by atoms with E-state index in [-0.39, 0.29) is 53.5 Å². The number of nitrogens with one attached hydrogen (secondary N) is 1.